The van der Waals surface area contributed by atoms with Gasteiger partial charge < -0.3 is 0 Å². The molecule has 1 amide bonds. The lowest BCUT2D eigenvalue weighted by molar-refractivity contribution is 0.0705. The summed E-state index contributed by atoms with van der Waals surface area (Å²) in [6, 6.07) is 3.51. The molecule has 3 rings (SSSR count). The summed E-state index contributed by atoms with van der Waals surface area (Å²) in [6.45, 7) is 5.29. The number of hydrogen-bond acceptors (Lipinski definition) is 3. The molecule has 4 nitrogen and oxygen atoms in total. The van der Waals surface area contributed by atoms with Crippen LogP contribution in [0.25, 0.3) is 0 Å². The maximum Gasteiger partial charge on any atom is 0.274 e. The maximum absolute atomic E-state index is 14.4. The van der Waals surface area contributed by atoms with E-state index < -0.39 is 5.91 Å². The molecule has 108 valence electrons. The molecule has 2 aliphatic heterocycles. The van der Waals surface area contributed by atoms with Gasteiger partial charge in [-0.1, -0.05) is 6.92 Å². The van der Waals surface area contributed by atoms with E-state index in [4.69, 9.17) is 5.21 Å². The normalized spacial score (nSPS) is 28.9. The van der Waals surface area contributed by atoms with E-state index in [0.717, 1.165) is 30.5 Å². The van der Waals surface area contributed by atoms with Crippen LogP contribution in [0.1, 0.15) is 47.8 Å². The summed E-state index contributed by atoms with van der Waals surface area (Å²) in [7, 11) is 0. The number of carbonyl (C=O) groups excluding carboxylic acids is 1. The summed E-state index contributed by atoms with van der Waals surface area (Å²) >= 11 is 0. The van der Waals surface area contributed by atoms with Gasteiger partial charge in [0.1, 0.15) is 5.82 Å². The van der Waals surface area contributed by atoms with Crippen molar-refractivity contribution in [3.63, 3.8) is 0 Å². The minimum atomic E-state index is -0.665. The van der Waals surface area contributed by atoms with Crippen molar-refractivity contribution in [1.82, 2.24) is 10.4 Å². The van der Waals surface area contributed by atoms with Crippen LogP contribution in [0.2, 0.25) is 0 Å². The van der Waals surface area contributed by atoms with Gasteiger partial charge in [-0.25, -0.2) is 9.87 Å². The quantitative estimate of drug-likeness (QED) is 0.612. The van der Waals surface area contributed by atoms with Crippen molar-refractivity contribution in [2.45, 2.75) is 38.8 Å². The Morgan fingerprint density at radius 2 is 2.20 bits per heavy atom. The zero-order chi connectivity index (χ0) is 14.4. The Morgan fingerprint density at radius 1 is 1.45 bits per heavy atom. The molecule has 2 N–H and O–H groups in total. The van der Waals surface area contributed by atoms with Gasteiger partial charge >= 0.3 is 0 Å². The number of benzene rings is 1. The van der Waals surface area contributed by atoms with Gasteiger partial charge in [0.05, 0.1) is 0 Å². The molecule has 0 saturated carbocycles. The third kappa shape index (κ3) is 1.93. The molecule has 1 fully saturated rings. The van der Waals surface area contributed by atoms with Crippen molar-refractivity contribution in [2.24, 2.45) is 5.92 Å². The number of hydrogen-bond donors (Lipinski definition) is 2. The summed E-state index contributed by atoms with van der Waals surface area (Å²) in [4.78, 5) is 13.8. The van der Waals surface area contributed by atoms with Crippen LogP contribution in [0, 0.1) is 11.7 Å². The fraction of sp³-hybridized carbons (Fsp3) is 0.533. The highest BCUT2D eigenvalue weighted by molar-refractivity contribution is 5.93. The molecule has 0 bridgehead atoms. The first-order chi connectivity index (χ1) is 9.52. The number of hydroxylamine groups is 1. The Balaban J connectivity index is 2.04. The van der Waals surface area contributed by atoms with Crippen LogP contribution in [0.4, 0.5) is 4.39 Å². The Labute approximate surface area is 117 Å². The highest BCUT2D eigenvalue weighted by Gasteiger charge is 2.41. The van der Waals surface area contributed by atoms with E-state index in [9.17, 15) is 9.18 Å². The van der Waals surface area contributed by atoms with Crippen molar-refractivity contribution >= 4 is 5.91 Å². The van der Waals surface area contributed by atoms with Crippen molar-refractivity contribution in [2.75, 3.05) is 6.54 Å². The Morgan fingerprint density at radius 3 is 2.90 bits per heavy atom. The Hall–Kier alpha value is -1.46. The summed E-state index contributed by atoms with van der Waals surface area (Å²) in [5.41, 5.74) is 3.37. The first-order valence-electron chi connectivity index (χ1n) is 7.05. The molecule has 5 heteroatoms. The predicted molar refractivity (Wildman–Crippen MR) is 72.0 cm³/mol. The van der Waals surface area contributed by atoms with Gasteiger partial charge in [0.25, 0.3) is 5.91 Å². The smallest absolute Gasteiger partial charge is 0.274 e. The van der Waals surface area contributed by atoms with Gasteiger partial charge in [-0.3, -0.25) is 14.9 Å². The van der Waals surface area contributed by atoms with Crippen LogP contribution in [-0.2, 0) is 6.42 Å². The highest BCUT2D eigenvalue weighted by Crippen LogP contribution is 2.44. The molecule has 1 saturated heterocycles. The summed E-state index contributed by atoms with van der Waals surface area (Å²) in [5, 5.41) is 8.67. The molecule has 1 aromatic carbocycles. The van der Waals surface area contributed by atoms with Crippen LogP contribution >= 0.6 is 0 Å². The zero-order valence-corrected chi connectivity index (χ0v) is 11.7. The largest absolute Gasteiger partial charge is 0.293 e. The SMILES string of the molecule is C[C@@H]1C[C@H]2c3c(F)cc(C(=O)NO)cc3CCN2[C@@H]1C. The zero-order valence-electron chi connectivity index (χ0n) is 11.7. The van der Waals surface area contributed by atoms with Crippen LogP contribution < -0.4 is 5.48 Å². The lowest BCUT2D eigenvalue weighted by atomic mass is 9.89. The third-order valence-corrected chi connectivity index (χ3v) is 4.89. The molecule has 0 aromatic heterocycles. The van der Waals surface area contributed by atoms with E-state index in [1.165, 1.54) is 6.07 Å². The molecular formula is C15H19FN2O2. The van der Waals surface area contributed by atoms with E-state index in [2.05, 4.69) is 18.7 Å². The molecule has 0 unspecified atom stereocenters. The third-order valence-electron chi connectivity index (χ3n) is 4.89. The van der Waals surface area contributed by atoms with Crippen molar-refractivity contribution < 1.29 is 14.4 Å². The predicted octanol–water partition coefficient (Wildman–Crippen LogP) is 2.27. The number of amides is 1. The molecule has 0 aliphatic carbocycles. The number of carbonyl (C=O) groups is 1. The second-order valence-corrected chi connectivity index (χ2v) is 5.93. The monoisotopic (exact) mass is 278 g/mol. The van der Waals surface area contributed by atoms with Gasteiger partial charge in [0.2, 0.25) is 0 Å². The summed E-state index contributed by atoms with van der Waals surface area (Å²) in [6.07, 6.45) is 1.70. The van der Waals surface area contributed by atoms with Crippen molar-refractivity contribution in [3.8, 4) is 0 Å². The molecule has 1 aromatic rings. The standard InChI is InChI=1S/C15H19FN2O2/c1-8-5-13-14-10(3-4-18(13)9(8)2)6-11(7-12(14)16)15(19)17-20/h6-9,13,20H,3-5H2,1-2H3,(H,17,19)/t8-,9-,13+/m1/s1. The highest BCUT2D eigenvalue weighted by atomic mass is 19.1. The van der Waals surface area contributed by atoms with Gasteiger partial charge in [-0.05, 0) is 43.4 Å². The Kier molecular flexibility index (Phi) is 3.26. The fourth-order valence-electron chi connectivity index (χ4n) is 3.64. The number of nitrogens with zero attached hydrogens (tertiary/aromatic N) is 1. The van der Waals surface area contributed by atoms with Crippen molar-refractivity contribution in [3.05, 3.63) is 34.6 Å². The lowest BCUT2D eigenvalue weighted by Crippen LogP contribution is -2.37. The average Bonchev–Trinajstić information content (AvgIpc) is 2.73. The lowest BCUT2D eigenvalue weighted by Gasteiger charge is -2.35. The van der Waals surface area contributed by atoms with Crippen molar-refractivity contribution in [1.29, 1.82) is 0 Å². The van der Waals surface area contributed by atoms with Crippen LogP contribution in [-0.4, -0.2) is 28.6 Å². The average molecular weight is 278 g/mol. The van der Waals surface area contributed by atoms with Crippen LogP contribution in [0.3, 0.4) is 0 Å². The second kappa shape index (κ2) is 4.82. The Bertz CT molecular complexity index is 561. The van der Waals surface area contributed by atoms with E-state index in [1.807, 2.05) is 0 Å². The van der Waals surface area contributed by atoms with Crippen LogP contribution in [0.15, 0.2) is 12.1 Å². The maximum atomic E-state index is 14.4. The molecule has 20 heavy (non-hydrogen) atoms. The van der Waals surface area contributed by atoms with Gasteiger partial charge in [0, 0.05) is 29.8 Å². The molecule has 3 atom stereocenters. The molecule has 0 radical (unpaired) electrons. The molecule has 2 heterocycles. The minimum absolute atomic E-state index is 0.120. The topological polar surface area (TPSA) is 52.6 Å². The van der Waals surface area contributed by atoms with E-state index in [0.29, 0.717) is 12.0 Å². The van der Waals surface area contributed by atoms with Gasteiger partial charge in [-0.15, -0.1) is 0 Å². The number of halogens is 1. The number of rotatable bonds is 1. The second-order valence-electron chi connectivity index (χ2n) is 5.93. The van der Waals surface area contributed by atoms with E-state index in [-0.39, 0.29) is 17.4 Å². The van der Waals surface area contributed by atoms with Gasteiger partial charge in [-0.2, -0.15) is 0 Å². The first-order valence-corrected chi connectivity index (χ1v) is 7.05. The minimum Gasteiger partial charge on any atom is -0.293 e. The number of nitrogens with one attached hydrogen (secondary N) is 1. The van der Waals surface area contributed by atoms with E-state index in [1.54, 1.807) is 11.5 Å². The first kappa shape index (κ1) is 13.5. The molecule has 2 aliphatic rings. The van der Waals surface area contributed by atoms with E-state index >= 15 is 0 Å². The van der Waals surface area contributed by atoms with Gasteiger partial charge in [0.15, 0.2) is 0 Å². The number of fused-ring (bicyclic) bond motifs is 3. The molecular weight excluding hydrogens is 259 g/mol. The summed E-state index contributed by atoms with van der Waals surface area (Å²) < 4.78 is 14.4. The molecule has 0 spiro atoms. The fourth-order valence-corrected chi connectivity index (χ4v) is 3.64. The summed E-state index contributed by atoms with van der Waals surface area (Å²) in [5.74, 6) is -0.454. The van der Waals surface area contributed by atoms with Crippen LogP contribution in [0.5, 0.6) is 0 Å².